The SMILES string of the molecule is CN1C[C@@](C)(c2cc(F)cc(F)c2)N(CCCc2ccc3c(c2)C[C@]2(C3)c3cccnc3NC2O)C(=O)C12CCCC2. The average molecular weight is 573 g/mol. The maximum Gasteiger partial charge on any atom is 0.243 e. The van der Waals surface area contributed by atoms with Gasteiger partial charge in [0.2, 0.25) is 5.91 Å². The number of carbonyl (C=O) groups is 1. The number of hydrogen-bond acceptors (Lipinski definition) is 5. The van der Waals surface area contributed by atoms with Crippen molar-refractivity contribution in [3.8, 4) is 0 Å². The normalized spacial score (nSPS) is 28.0. The number of aliphatic hydroxyl groups excluding tert-OH is 1. The first-order chi connectivity index (χ1) is 20.1. The highest BCUT2D eigenvalue weighted by molar-refractivity contribution is 5.88. The standard InChI is InChI=1S/C34H38F2N4O2/c1-32(25-16-26(35)18-27(36)17-25)21-39(2)34(11-3-4-12-34)31(42)40(32)14-6-7-22-9-10-23-19-33(20-24(23)15-22)28-8-5-13-37-29(28)38-30(33)41/h5,8-10,13,15-18,30,41H,3-4,6-7,11-12,14,19-21H2,1-2H3,(H,37,38)/t30?,32-,33+/m0/s1. The summed E-state index contributed by atoms with van der Waals surface area (Å²) in [5.74, 6) is -0.415. The van der Waals surface area contributed by atoms with Gasteiger partial charge in [-0.15, -0.1) is 0 Å². The maximum absolute atomic E-state index is 14.4. The Morgan fingerprint density at radius 1 is 1.05 bits per heavy atom. The van der Waals surface area contributed by atoms with E-state index in [2.05, 4.69) is 39.5 Å². The van der Waals surface area contributed by atoms with Gasteiger partial charge in [0.05, 0.1) is 11.0 Å². The topological polar surface area (TPSA) is 68.7 Å². The number of nitrogens with one attached hydrogen (secondary N) is 1. The number of aromatic nitrogens is 1. The van der Waals surface area contributed by atoms with Gasteiger partial charge in [0.1, 0.15) is 29.2 Å². The third-order valence-electron chi connectivity index (χ3n) is 10.7. The molecule has 7 rings (SSSR count). The van der Waals surface area contributed by atoms with E-state index in [1.54, 1.807) is 6.20 Å². The van der Waals surface area contributed by atoms with E-state index in [4.69, 9.17) is 0 Å². The summed E-state index contributed by atoms with van der Waals surface area (Å²) in [4.78, 5) is 22.7. The number of aryl methyl sites for hydroxylation is 1. The van der Waals surface area contributed by atoms with E-state index >= 15 is 0 Å². The zero-order valence-corrected chi connectivity index (χ0v) is 24.3. The second-order valence-electron chi connectivity index (χ2n) is 13.1. The second kappa shape index (κ2) is 9.85. The lowest BCUT2D eigenvalue weighted by Gasteiger charge is -2.56. The fourth-order valence-electron chi connectivity index (χ4n) is 8.43. The van der Waals surface area contributed by atoms with E-state index in [9.17, 15) is 18.7 Å². The molecule has 1 saturated carbocycles. The molecule has 2 fully saturated rings. The van der Waals surface area contributed by atoms with Gasteiger partial charge >= 0.3 is 0 Å². The van der Waals surface area contributed by atoms with Crippen molar-refractivity contribution in [2.75, 3.05) is 25.5 Å². The molecule has 0 radical (unpaired) electrons. The number of aliphatic hydroxyl groups is 1. The number of fused-ring (bicyclic) bond motifs is 3. The lowest BCUT2D eigenvalue weighted by atomic mass is 9.79. The summed E-state index contributed by atoms with van der Waals surface area (Å²) in [5.41, 5.74) is 3.45. The summed E-state index contributed by atoms with van der Waals surface area (Å²) in [6, 6.07) is 14.2. The van der Waals surface area contributed by atoms with Gasteiger partial charge in [-0.25, -0.2) is 13.8 Å². The number of rotatable bonds is 5. The van der Waals surface area contributed by atoms with Crippen LogP contribution in [0.5, 0.6) is 0 Å². The number of amides is 1. The Labute approximate surface area is 245 Å². The van der Waals surface area contributed by atoms with Crippen LogP contribution in [-0.4, -0.2) is 57.7 Å². The van der Waals surface area contributed by atoms with Crippen LogP contribution in [0.2, 0.25) is 0 Å². The Hall–Kier alpha value is -3.36. The molecule has 3 atom stereocenters. The molecule has 42 heavy (non-hydrogen) atoms. The van der Waals surface area contributed by atoms with Crippen molar-refractivity contribution in [2.45, 2.75) is 81.0 Å². The predicted octanol–water partition coefficient (Wildman–Crippen LogP) is 5.08. The van der Waals surface area contributed by atoms with Crippen molar-refractivity contribution < 1.29 is 18.7 Å². The van der Waals surface area contributed by atoms with Crippen LogP contribution in [0.3, 0.4) is 0 Å². The largest absolute Gasteiger partial charge is 0.373 e. The number of benzene rings is 2. The summed E-state index contributed by atoms with van der Waals surface area (Å²) >= 11 is 0. The summed E-state index contributed by atoms with van der Waals surface area (Å²) in [6.07, 6.45) is 7.73. The summed E-state index contributed by atoms with van der Waals surface area (Å²) < 4.78 is 28.8. The number of pyridine rings is 1. The van der Waals surface area contributed by atoms with Gasteiger partial charge in [-0.2, -0.15) is 0 Å². The lowest BCUT2D eigenvalue weighted by Crippen LogP contribution is -2.70. The van der Waals surface area contributed by atoms with E-state index in [1.165, 1.54) is 28.8 Å². The summed E-state index contributed by atoms with van der Waals surface area (Å²) in [6.45, 7) is 2.97. The van der Waals surface area contributed by atoms with Crippen LogP contribution >= 0.6 is 0 Å². The Bertz CT molecular complexity index is 1540. The monoisotopic (exact) mass is 572 g/mol. The highest BCUT2D eigenvalue weighted by Gasteiger charge is 2.56. The van der Waals surface area contributed by atoms with Crippen molar-refractivity contribution in [2.24, 2.45) is 0 Å². The van der Waals surface area contributed by atoms with Crippen molar-refractivity contribution in [3.63, 3.8) is 0 Å². The molecule has 4 aliphatic rings. The molecule has 0 bridgehead atoms. The zero-order chi connectivity index (χ0) is 29.3. The quantitative estimate of drug-likeness (QED) is 0.447. The number of anilines is 1. The Kier molecular flexibility index (Phi) is 6.44. The van der Waals surface area contributed by atoms with Crippen LogP contribution < -0.4 is 5.32 Å². The molecule has 2 aliphatic heterocycles. The number of piperazine rings is 1. The molecule has 1 saturated heterocycles. The predicted molar refractivity (Wildman–Crippen MR) is 157 cm³/mol. The van der Waals surface area contributed by atoms with Gasteiger partial charge < -0.3 is 15.3 Å². The van der Waals surface area contributed by atoms with Crippen LogP contribution in [-0.2, 0) is 35.0 Å². The second-order valence-corrected chi connectivity index (χ2v) is 13.1. The van der Waals surface area contributed by atoms with Gasteiger partial charge in [-0.1, -0.05) is 37.1 Å². The van der Waals surface area contributed by atoms with Crippen molar-refractivity contribution >= 4 is 11.7 Å². The molecular formula is C34H38F2N4O2. The number of likely N-dealkylation sites (N-methyl/N-ethyl adjacent to an activating group) is 1. The third-order valence-corrected chi connectivity index (χ3v) is 10.7. The third kappa shape index (κ3) is 4.09. The molecule has 6 nitrogen and oxygen atoms in total. The first kappa shape index (κ1) is 27.5. The van der Waals surface area contributed by atoms with E-state index in [-0.39, 0.29) is 5.91 Å². The fourth-order valence-corrected chi connectivity index (χ4v) is 8.43. The fraction of sp³-hybridized carbons (Fsp3) is 0.471. The number of halogens is 2. The Balaban J connectivity index is 1.12. The van der Waals surface area contributed by atoms with Crippen LogP contribution in [0.1, 0.15) is 66.8 Å². The molecule has 3 heterocycles. The molecule has 2 aromatic carbocycles. The molecule has 220 valence electrons. The Morgan fingerprint density at radius 2 is 1.79 bits per heavy atom. The molecule has 1 amide bonds. The maximum atomic E-state index is 14.4. The number of carbonyl (C=O) groups excluding carboxylic acids is 1. The molecule has 2 spiro atoms. The van der Waals surface area contributed by atoms with Gasteiger partial charge in [-0.3, -0.25) is 9.69 Å². The first-order valence-electron chi connectivity index (χ1n) is 15.2. The van der Waals surface area contributed by atoms with E-state index in [1.807, 2.05) is 24.9 Å². The molecule has 2 N–H and O–H groups in total. The number of hydrogen-bond donors (Lipinski definition) is 2. The summed E-state index contributed by atoms with van der Waals surface area (Å²) in [7, 11) is 1.98. The van der Waals surface area contributed by atoms with Crippen molar-refractivity contribution in [3.05, 3.63) is 94.2 Å². The Morgan fingerprint density at radius 3 is 2.55 bits per heavy atom. The molecular weight excluding hydrogens is 534 g/mol. The van der Waals surface area contributed by atoms with Crippen molar-refractivity contribution in [1.29, 1.82) is 0 Å². The molecule has 8 heteroatoms. The van der Waals surface area contributed by atoms with Gasteiger partial charge in [0.25, 0.3) is 0 Å². The van der Waals surface area contributed by atoms with Crippen molar-refractivity contribution in [1.82, 2.24) is 14.8 Å². The highest BCUT2D eigenvalue weighted by Crippen LogP contribution is 2.49. The molecule has 3 aromatic rings. The first-order valence-corrected chi connectivity index (χ1v) is 15.2. The van der Waals surface area contributed by atoms with Crippen LogP contribution in [0.4, 0.5) is 14.6 Å². The summed E-state index contributed by atoms with van der Waals surface area (Å²) in [5, 5.41) is 14.2. The zero-order valence-electron chi connectivity index (χ0n) is 24.3. The van der Waals surface area contributed by atoms with Crippen LogP contribution in [0.15, 0.2) is 54.7 Å². The minimum absolute atomic E-state index is 0.0758. The van der Waals surface area contributed by atoms with Gasteiger partial charge in [-0.05, 0) is 92.9 Å². The highest BCUT2D eigenvalue weighted by atomic mass is 19.1. The van der Waals surface area contributed by atoms with E-state index < -0.39 is 34.4 Å². The smallest absolute Gasteiger partial charge is 0.243 e. The van der Waals surface area contributed by atoms with Gasteiger partial charge in [0.15, 0.2) is 0 Å². The average Bonchev–Trinajstić information content (AvgIpc) is 3.66. The van der Waals surface area contributed by atoms with E-state index in [0.717, 1.165) is 68.8 Å². The van der Waals surface area contributed by atoms with Gasteiger partial charge in [0, 0.05) is 30.9 Å². The van der Waals surface area contributed by atoms with Crippen LogP contribution in [0, 0.1) is 11.6 Å². The minimum Gasteiger partial charge on any atom is -0.373 e. The minimum atomic E-state index is -0.847. The molecule has 2 aliphatic carbocycles. The molecule has 1 unspecified atom stereocenters. The molecule has 1 aromatic heterocycles. The van der Waals surface area contributed by atoms with Crippen LogP contribution in [0.25, 0.3) is 0 Å². The van der Waals surface area contributed by atoms with E-state index in [0.29, 0.717) is 18.7 Å². The lowest BCUT2D eigenvalue weighted by molar-refractivity contribution is -0.163. The number of nitrogens with zero attached hydrogens (tertiary/aromatic N) is 3.